The lowest BCUT2D eigenvalue weighted by atomic mass is 10.1. The standard InChI is InChI=1S/C10H14F5N3O/c1-8(2,3)16-5-4-6-17-18-7(19-6)9(11,12)10(13,14)15/h16H,4-5H2,1-3H3. The average Bonchev–Trinajstić information content (AvgIpc) is 2.62. The minimum Gasteiger partial charge on any atom is -0.419 e. The van der Waals surface area contributed by atoms with Gasteiger partial charge in [0.05, 0.1) is 0 Å². The van der Waals surface area contributed by atoms with Gasteiger partial charge in [-0.1, -0.05) is 0 Å². The summed E-state index contributed by atoms with van der Waals surface area (Å²) in [7, 11) is 0. The Balaban J connectivity index is 2.68. The van der Waals surface area contributed by atoms with E-state index in [1.165, 1.54) is 0 Å². The van der Waals surface area contributed by atoms with Gasteiger partial charge in [0, 0.05) is 18.5 Å². The topological polar surface area (TPSA) is 51.0 Å². The Morgan fingerprint density at radius 2 is 1.63 bits per heavy atom. The lowest BCUT2D eigenvalue weighted by Gasteiger charge is -2.19. The van der Waals surface area contributed by atoms with Crippen LogP contribution in [-0.2, 0) is 12.3 Å². The van der Waals surface area contributed by atoms with Gasteiger partial charge in [-0.25, -0.2) is 0 Å². The Morgan fingerprint density at radius 1 is 1.05 bits per heavy atom. The quantitative estimate of drug-likeness (QED) is 0.865. The fraction of sp³-hybridized carbons (Fsp3) is 0.800. The summed E-state index contributed by atoms with van der Waals surface area (Å²) in [6.07, 6.45) is -5.68. The van der Waals surface area contributed by atoms with Gasteiger partial charge in [-0.15, -0.1) is 10.2 Å². The van der Waals surface area contributed by atoms with Crippen LogP contribution in [0.3, 0.4) is 0 Å². The van der Waals surface area contributed by atoms with Crippen molar-refractivity contribution in [3.05, 3.63) is 11.8 Å². The molecule has 110 valence electrons. The first-order valence-electron chi connectivity index (χ1n) is 5.46. The van der Waals surface area contributed by atoms with Crippen LogP contribution in [0.2, 0.25) is 0 Å². The Bertz CT molecular complexity index is 422. The molecule has 0 aliphatic heterocycles. The second-order valence-corrected chi connectivity index (χ2v) is 5.00. The third-order valence-electron chi connectivity index (χ3n) is 2.09. The van der Waals surface area contributed by atoms with E-state index in [9.17, 15) is 22.0 Å². The summed E-state index contributed by atoms with van der Waals surface area (Å²) in [6, 6.07) is 0. The van der Waals surface area contributed by atoms with E-state index in [0.717, 1.165) is 0 Å². The number of nitrogens with one attached hydrogen (secondary N) is 1. The summed E-state index contributed by atoms with van der Waals surface area (Å²) in [5.74, 6) is -7.13. The predicted molar refractivity (Wildman–Crippen MR) is 55.7 cm³/mol. The van der Waals surface area contributed by atoms with E-state index in [1.807, 2.05) is 20.8 Å². The first-order chi connectivity index (χ1) is 8.43. The van der Waals surface area contributed by atoms with E-state index < -0.39 is 18.0 Å². The molecule has 0 radical (unpaired) electrons. The summed E-state index contributed by atoms with van der Waals surface area (Å²) in [5, 5.41) is 8.94. The van der Waals surface area contributed by atoms with E-state index in [2.05, 4.69) is 19.9 Å². The van der Waals surface area contributed by atoms with Gasteiger partial charge in [-0.3, -0.25) is 0 Å². The van der Waals surface area contributed by atoms with Crippen molar-refractivity contribution < 1.29 is 26.4 Å². The molecule has 1 N–H and O–H groups in total. The SMILES string of the molecule is CC(C)(C)NCCc1nnc(C(F)(F)C(F)(F)F)o1. The number of rotatable bonds is 4. The van der Waals surface area contributed by atoms with Crippen LogP contribution in [0.4, 0.5) is 22.0 Å². The van der Waals surface area contributed by atoms with Gasteiger partial charge in [-0.05, 0) is 20.8 Å². The molecule has 0 amide bonds. The third-order valence-corrected chi connectivity index (χ3v) is 2.09. The fourth-order valence-electron chi connectivity index (χ4n) is 1.15. The number of hydrogen-bond donors (Lipinski definition) is 1. The van der Waals surface area contributed by atoms with Crippen LogP contribution in [0.15, 0.2) is 4.42 Å². The Labute approximate surface area is 106 Å². The van der Waals surface area contributed by atoms with Crippen molar-refractivity contribution >= 4 is 0 Å². The number of nitrogens with zero attached hydrogens (tertiary/aromatic N) is 2. The molecule has 0 saturated carbocycles. The van der Waals surface area contributed by atoms with Crippen molar-refractivity contribution in [1.82, 2.24) is 15.5 Å². The van der Waals surface area contributed by atoms with Gasteiger partial charge in [0.2, 0.25) is 5.89 Å². The van der Waals surface area contributed by atoms with Crippen LogP contribution >= 0.6 is 0 Å². The van der Waals surface area contributed by atoms with E-state index in [1.54, 1.807) is 0 Å². The largest absolute Gasteiger partial charge is 0.463 e. The number of alkyl halides is 5. The van der Waals surface area contributed by atoms with Crippen LogP contribution in [0, 0.1) is 0 Å². The lowest BCUT2D eigenvalue weighted by Crippen LogP contribution is -2.37. The fourth-order valence-corrected chi connectivity index (χ4v) is 1.15. The highest BCUT2D eigenvalue weighted by molar-refractivity contribution is 4.96. The molecular weight excluding hydrogens is 273 g/mol. The summed E-state index contributed by atoms with van der Waals surface area (Å²) in [6.45, 7) is 5.96. The number of hydrogen-bond acceptors (Lipinski definition) is 4. The van der Waals surface area contributed by atoms with Gasteiger partial charge in [0.1, 0.15) is 0 Å². The molecule has 0 atom stereocenters. The molecular formula is C10H14F5N3O. The maximum atomic E-state index is 12.9. The monoisotopic (exact) mass is 287 g/mol. The molecule has 1 rings (SSSR count). The van der Waals surface area contributed by atoms with Crippen molar-refractivity contribution in [3.63, 3.8) is 0 Å². The summed E-state index contributed by atoms with van der Waals surface area (Å²) in [4.78, 5) is 0. The molecule has 0 bridgehead atoms. The van der Waals surface area contributed by atoms with Crippen LogP contribution in [-0.4, -0.2) is 28.5 Å². The molecule has 0 aromatic carbocycles. The van der Waals surface area contributed by atoms with Crippen LogP contribution in [0.1, 0.15) is 32.6 Å². The molecule has 0 saturated heterocycles. The first-order valence-corrected chi connectivity index (χ1v) is 5.46. The van der Waals surface area contributed by atoms with Gasteiger partial charge in [0.15, 0.2) is 0 Å². The molecule has 4 nitrogen and oxygen atoms in total. The smallest absolute Gasteiger partial charge is 0.419 e. The second kappa shape index (κ2) is 5.03. The lowest BCUT2D eigenvalue weighted by molar-refractivity contribution is -0.297. The van der Waals surface area contributed by atoms with Crippen LogP contribution < -0.4 is 5.32 Å². The number of aromatic nitrogens is 2. The Hall–Kier alpha value is -1.25. The highest BCUT2D eigenvalue weighted by atomic mass is 19.4. The Kier molecular flexibility index (Phi) is 4.18. The van der Waals surface area contributed by atoms with Gasteiger partial charge in [0.25, 0.3) is 5.89 Å². The molecule has 0 unspecified atom stereocenters. The minimum absolute atomic E-state index is 0.0677. The summed E-state index contributed by atoms with van der Waals surface area (Å²) in [5.41, 5.74) is -0.210. The van der Waals surface area contributed by atoms with E-state index in [4.69, 9.17) is 0 Å². The van der Waals surface area contributed by atoms with Crippen molar-refractivity contribution in [3.8, 4) is 0 Å². The highest BCUT2D eigenvalue weighted by Crippen LogP contribution is 2.42. The molecule has 9 heteroatoms. The van der Waals surface area contributed by atoms with Gasteiger partial charge >= 0.3 is 12.1 Å². The van der Waals surface area contributed by atoms with Crippen molar-refractivity contribution in [1.29, 1.82) is 0 Å². The molecule has 1 aromatic heterocycles. The van der Waals surface area contributed by atoms with Crippen molar-refractivity contribution in [2.24, 2.45) is 0 Å². The normalized spacial score (nSPS) is 13.9. The molecule has 0 aliphatic rings. The Morgan fingerprint density at radius 3 is 2.11 bits per heavy atom. The molecule has 1 heterocycles. The van der Waals surface area contributed by atoms with Crippen molar-refractivity contribution in [2.75, 3.05) is 6.54 Å². The molecule has 0 spiro atoms. The zero-order valence-corrected chi connectivity index (χ0v) is 10.6. The van der Waals surface area contributed by atoms with E-state index in [0.29, 0.717) is 6.54 Å². The van der Waals surface area contributed by atoms with E-state index >= 15 is 0 Å². The van der Waals surface area contributed by atoms with Crippen molar-refractivity contribution in [2.45, 2.75) is 44.8 Å². The maximum absolute atomic E-state index is 12.9. The number of halogens is 5. The zero-order chi connectivity index (χ0) is 14.9. The summed E-state index contributed by atoms with van der Waals surface area (Å²) < 4.78 is 66.2. The minimum atomic E-state index is -5.75. The summed E-state index contributed by atoms with van der Waals surface area (Å²) >= 11 is 0. The van der Waals surface area contributed by atoms with Crippen LogP contribution in [0.25, 0.3) is 0 Å². The highest BCUT2D eigenvalue weighted by Gasteiger charge is 2.62. The molecule has 0 aliphatic carbocycles. The zero-order valence-electron chi connectivity index (χ0n) is 10.6. The second-order valence-electron chi connectivity index (χ2n) is 5.00. The van der Waals surface area contributed by atoms with Crippen LogP contribution in [0.5, 0.6) is 0 Å². The average molecular weight is 287 g/mol. The molecule has 19 heavy (non-hydrogen) atoms. The maximum Gasteiger partial charge on any atom is 0.463 e. The van der Waals surface area contributed by atoms with Gasteiger partial charge in [-0.2, -0.15) is 22.0 Å². The van der Waals surface area contributed by atoms with Gasteiger partial charge < -0.3 is 9.73 Å². The molecule has 1 aromatic rings. The van der Waals surface area contributed by atoms with E-state index in [-0.39, 0.29) is 17.9 Å². The molecule has 0 fully saturated rings. The first kappa shape index (κ1) is 15.8. The third kappa shape index (κ3) is 4.12. The predicted octanol–water partition coefficient (Wildman–Crippen LogP) is 2.65.